The first-order valence-corrected chi connectivity index (χ1v) is 9.03. The predicted octanol–water partition coefficient (Wildman–Crippen LogP) is 8.77. The molecular weight excluding hydrogens is 725 g/mol. The number of rotatable bonds is 11. The summed E-state index contributed by atoms with van der Waals surface area (Å²) in [6.45, 7) is 0. The third-order valence-electron chi connectivity index (χ3n) is 4.89. The van der Waals surface area contributed by atoms with E-state index in [2.05, 4.69) is 0 Å². The highest BCUT2D eigenvalue weighted by Crippen LogP contribution is 2.67. The zero-order valence-corrected chi connectivity index (χ0v) is 18.6. The van der Waals surface area contributed by atoms with Crippen LogP contribution in [0.4, 0.5) is 119 Å². The summed E-state index contributed by atoms with van der Waals surface area (Å²) >= 11 is 0. The molecule has 0 radical (unpaired) electrons. The van der Waals surface area contributed by atoms with Gasteiger partial charge in [0.05, 0.1) is 0 Å². The molecule has 2 nitrogen and oxygen atoms in total. The number of allylic oxidation sites excluding steroid dienone is 1. The molecule has 262 valence electrons. The maximum Gasteiger partial charge on any atom is 0.460 e. The van der Waals surface area contributed by atoms with Crippen LogP contribution in [0.3, 0.4) is 0 Å². The molecule has 0 unspecified atom stereocenters. The van der Waals surface area contributed by atoms with E-state index in [0.29, 0.717) is 0 Å². The summed E-state index contributed by atoms with van der Waals surface area (Å²) in [6, 6.07) is 0. The molecule has 29 heteroatoms. The monoisotopic (exact) mass is 726 g/mol. The number of hydrogen-bond donors (Lipinski definition) is 1. The molecule has 0 aromatic rings. The fourth-order valence-corrected chi connectivity index (χ4v) is 2.36. The Bertz CT molecular complexity index is 1130. The van der Waals surface area contributed by atoms with Gasteiger partial charge in [0.1, 0.15) is 0 Å². The average Bonchev–Trinajstić information content (AvgIpc) is 2.75. The van der Waals surface area contributed by atoms with Gasteiger partial charge in [-0.1, -0.05) is 0 Å². The minimum Gasteiger partial charge on any atom is -0.478 e. The fourth-order valence-electron chi connectivity index (χ4n) is 2.36. The van der Waals surface area contributed by atoms with Crippen LogP contribution < -0.4 is 0 Å². The number of hydrogen-bond acceptors (Lipinski definition) is 1. The van der Waals surface area contributed by atoms with Crippen LogP contribution in [-0.2, 0) is 4.79 Å². The summed E-state index contributed by atoms with van der Waals surface area (Å²) in [6.07, 6.45) is -15.9. The Morgan fingerprint density at radius 2 is 0.568 bits per heavy atom. The van der Waals surface area contributed by atoms with Gasteiger partial charge in [0.2, 0.25) is 0 Å². The van der Waals surface area contributed by atoms with Crippen LogP contribution >= 0.6 is 0 Å². The van der Waals surface area contributed by atoms with Crippen LogP contribution in [0.25, 0.3) is 0 Å². The quantitative estimate of drug-likeness (QED) is 0.171. The molecule has 1 N–H and O–H groups in total. The van der Waals surface area contributed by atoms with Crippen molar-refractivity contribution in [2.45, 2.75) is 71.6 Å². The lowest BCUT2D eigenvalue weighted by Gasteiger charge is -2.44. The zero-order chi connectivity index (χ0) is 36.7. The Morgan fingerprint density at radius 3 is 0.773 bits per heavy atom. The Labute approximate surface area is 219 Å². The van der Waals surface area contributed by atoms with Gasteiger partial charge in [-0.2, -0.15) is 114 Å². The number of alkyl halides is 26. The SMILES string of the molecule is O=C(O)C(=C(F)C(F)(F)C(F)(F)C(F)(F)C(F)(F)C(F)(F)C(F)(F)C(F)(F)C(F)(F)C(F)(F)C(F)(F)F)C(F)(F)C(F)(F)F. The normalized spacial score (nSPS) is 17.1. The second-order valence-electron chi connectivity index (χ2n) is 7.73. The number of carboxylic acids is 1. The van der Waals surface area contributed by atoms with Crippen molar-refractivity contribution in [3.05, 3.63) is 11.4 Å². The van der Waals surface area contributed by atoms with Gasteiger partial charge in [-0.15, -0.1) is 0 Å². The van der Waals surface area contributed by atoms with Crippen molar-refractivity contribution < 1.29 is 128 Å². The molecule has 0 aliphatic heterocycles. The van der Waals surface area contributed by atoms with Crippen molar-refractivity contribution >= 4 is 5.97 Å². The molecule has 0 amide bonds. The van der Waals surface area contributed by atoms with Gasteiger partial charge < -0.3 is 5.11 Å². The van der Waals surface area contributed by atoms with Crippen molar-refractivity contribution in [3.63, 3.8) is 0 Å². The molecular formula is C15HF27O2. The van der Waals surface area contributed by atoms with E-state index < -0.39 is 88.9 Å². The molecule has 0 aliphatic rings. The highest BCUT2D eigenvalue weighted by Gasteiger charge is 2.98. The number of carbonyl (C=O) groups is 1. The second kappa shape index (κ2) is 10.2. The topological polar surface area (TPSA) is 37.3 Å². The lowest BCUT2D eigenvalue weighted by molar-refractivity contribution is -0.473. The predicted molar refractivity (Wildman–Crippen MR) is 77.3 cm³/mol. The van der Waals surface area contributed by atoms with Crippen molar-refractivity contribution in [3.8, 4) is 0 Å². The van der Waals surface area contributed by atoms with E-state index in [-0.39, 0.29) is 0 Å². The van der Waals surface area contributed by atoms with E-state index in [1.165, 1.54) is 0 Å². The lowest BCUT2D eigenvalue weighted by Crippen LogP contribution is -2.76. The number of halogens is 27. The van der Waals surface area contributed by atoms with E-state index in [1.807, 2.05) is 0 Å². The van der Waals surface area contributed by atoms with Crippen LogP contribution in [0.5, 0.6) is 0 Å². The van der Waals surface area contributed by atoms with Gasteiger partial charge in [0.25, 0.3) is 0 Å². The Hall–Kier alpha value is -2.68. The molecule has 0 aliphatic carbocycles. The first kappa shape index (κ1) is 41.3. The van der Waals surface area contributed by atoms with Crippen molar-refractivity contribution in [1.82, 2.24) is 0 Å². The summed E-state index contributed by atoms with van der Waals surface area (Å²) in [5.41, 5.74) is -5.12. The van der Waals surface area contributed by atoms with E-state index in [9.17, 15) is 123 Å². The first-order valence-electron chi connectivity index (χ1n) is 9.03. The maximum absolute atomic E-state index is 13.7. The number of carboxylic acid groups (broad SMARTS) is 1. The van der Waals surface area contributed by atoms with Gasteiger partial charge in [-0.25, -0.2) is 9.18 Å². The highest BCUT2D eigenvalue weighted by atomic mass is 19.4. The van der Waals surface area contributed by atoms with E-state index in [0.717, 1.165) is 0 Å². The molecule has 0 rings (SSSR count). The van der Waals surface area contributed by atoms with Gasteiger partial charge in [-0.3, -0.25) is 0 Å². The summed E-state index contributed by atoms with van der Waals surface area (Å²) in [5, 5.41) is 8.05. The molecule has 0 heterocycles. The van der Waals surface area contributed by atoms with Gasteiger partial charge >= 0.3 is 77.5 Å². The van der Waals surface area contributed by atoms with Crippen molar-refractivity contribution in [1.29, 1.82) is 0 Å². The average molecular weight is 726 g/mol. The van der Waals surface area contributed by atoms with Crippen LogP contribution in [0.2, 0.25) is 0 Å². The van der Waals surface area contributed by atoms with Gasteiger partial charge in [-0.05, 0) is 0 Å². The molecule has 0 spiro atoms. The zero-order valence-electron chi connectivity index (χ0n) is 18.6. The van der Waals surface area contributed by atoms with E-state index >= 15 is 0 Å². The number of aliphatic carboxylic acids is 1. The van der Waals surface area contributed by atoms with Crippen molar-refractivity contribution in [2.75, 3.05) is 0 Å². The summed E-state index contributed by atoms with van der Waals surface area (Å²) in [5.74, 6) is -102. The van der Waals surface area contributed by atoms with E-state index in [4.69, 9.17) is 5.11 Å². The first-order chi connectivity index (χ1) is 18.5. The molecule has 44 heavy (non-hydrogen) atoms. The maximum atomic E-state index is 13.7. The third kappa shape index (κ3) is 5.01. The van der Waals surface area contributed by atoms with Gasteiger partial charge in [0, 0.05) is 0 Å². The molecule has 0 atom stereocenters. The van der Waals surface area contributed by atoms with Crippen LogP contribution in [-0.4, -0.2) is 82.7 Å². The molecule has 0 aromatic heterocycles. The molecule has 0 fully saturated rings. The Kier molecular flexibility index (Phi) is 9.54. The standard InChI is InChI=1S/C15HF27O2/c16-2(1(3(43)44)4(17,18)14(37,38)39)5(19,20)6(21,22)7(23,24)8(25,26)9(27,28)10(29,30)11(31,32)12(33,34)13(35,36)15(40,41)42/h(H,43,44). The molecule has 0 aromatic carbocycles. The largest absolute Gasteiger partial charge is 0.478 e. The lowest BCUT2D eigenvalue weighted by atomic mass is 9.85. The van der Waals surface area contributed by atoms with Crippen LogP contribution in [0, 0.1) is 0 Å². The molecule has 0 saturated heterocycles. The minimum atomic E-state index is -9.72. The van der Waals surface area contributed by atoms with Gasteiger partial charge in [0.15, 0.2) is 11.4 Å². The fraction of sp³-hybridized carbons (Fsp3) is 0.800. The molecule has 0 bridgehead atoms. The van der Waals surface area contributed by atoms with E-state index in [1.54, 1.807) is 0 Å². The highest BCUT2D eigenvalue weighted by molar-refractivity contribution is 5.89. The smallest absolute Gasteiger partial charge is 0.460 e. The Balaban J connectivity index is 7.63. The summed E-state index contributed by atoms with van der Waals surface area (Å²) in [4.78, 5) is 10.4. The minimum absolute atomic E-state index is 4.50. The molecule has 0 saturated carbocycles. The second-order valence-corrected chi connectivity index (χ2v) is 7.73. The third-order valence-corrected chi connectivity index (χ3v) is 4.89. The van der Waals surface area contributed by atoms with Crippen LogP contribution in [0.1, 0.15) is 0 Å². The van der Waals surface area contributed by atoms with Crippen molar-refractivity contribution in [2.24, 2.45) is 0 Å². The Morgan fingerprint density at radius 1 is 0.341 bits per heavy atom. The summed E-state index contributed by atoms with van der Waals surface area (Å²) < 4.78 is 354. The summed E-state index contributed by atoms with van der Waals surface area (Å²) in [7, 11) is 0. The van der Waals surface area contributed by atoms with Crippen LogP contribution in [0.15, 0.2) is 11.4 Å².